The second-order valence-corrected chi connectivity index (χ2v) is 14.7. The van der Waals surface area contributed by atoms with Crippen LogP contribution in [-0.4, -0.2) is 76.7 Å². The van der Waals surface area contributed by atoms with E-state index >= 15 is 0 Å². The van der Waals surface area contributed by atoms with E-state index in [1.807, 2.05) is 87.5 Å². The average molecular weight is 680 g/mol. The Labute approximate surface area is 292 Å². The molecule has 2 N–H and O–H groups in total. The third kappa shape index (κ3) is 7.22. The second kappa shape index (κ2) is 13.6. The summed E-state index contributed by atoms with van der Waals surface area (Å²) in [7, 11) is 1.66. The van der Waals surface area contributed by atoms with Crippen LogP contribution in [0.25, 0.3) is 0 Å². The van der Waals surface area contributed by atoms with Gasteiger partial charge >= 0.3 is 6.09 Å². The monoisotopic (exact) mass is 679 g/mol. The Morgan fingerprint density at radius 3 is 2.34 bits per heavy atom. The number of anilines is 2. The molecule has 3 aliphatic rings. The smallest absolute Gasteiger partial charge is 0.410 e. The minimum absolute atomic E-state index is 0.0116. The van der Waals surface area contributed by atoms with Gasteiger partial charge in [0.1, 0.15) is 12.1 Å². The fourth-order valence-electron chi connectivity index (χ4n) is 7.30. The molecule has 3 aromatic rings. The van der Waals surface area contributed by atoms with Crippen molar-refractivity contribution in [2.24, 2.45) is 5.92 Å². The van der Waals surface area contributed by atoms with Crippen molar-refractivity contribution in [3.63, 3.8) is 0 Å². The van der Waals surface area contributed by atoms with Gasteiger partial charge in [-0.3, -0.25) is 19.2 Å². The van der Waals surface area contributed by atoms with Crippen LogP contribution in [0.15, 0.2) is 66.7 Å². The number of hydrogen-bond donors (Lipinski definition) is 2. The highest BCUT2D eigenvalue weighted by Gasteiger charge is 2.50. The number of carbonyl (C=O) groups is 5. The highest BCUT2D eigenvalue weighted by molar-refractivity contribution is 6.07. The molecule has 1 aliphatic carbocycles. The van der Waals surface area contributed by atoms with Gasteiger partial charge in [-0.25, -0.2) is 4.79 Å². The molecule has 5 amide bonds. The quantitative estimate of drug-likeness (QED) is 0.350. The average Bonchev–Trinajstić information content (AvgIpc) is 3.77. The molecule has 11 nitrogen and oxygen atoms in total. The number of fused-ring (bicyclic) bond motifs is 3. The van der Waals surface area contributed by atoms with E-state index in [-0.39, 0.29) is 43.3 Å². The Balaban J connectivity index is 1.19. The zero-order chi connectivity index (χ0) is 35.8. The van der Waals surface area contributed by atoms with E-state index in [9.17, 15) is 24.0 Å². The van der Waals surface area contributed by atoms with Gasteiger partial charge in [0.2, 0.25) is 23.6 Å². The van der Waals surface area contributed by atoms with Crippen molar-refractivity contribution in [3.05, 3.63) is 94.5 Å². The summed E-state index contributed by atoms with van der Waals surface area (Å²) in [6.07, 6.45) is 1.17. The largest absolute Gasteiger partial charge is 0.444 e. The Morgan fingerprint density at radius 2 is 1.64 bits per heavy atom. The first kappa shape index (κ1) is 34.7. The van der Waals surface area contributed by atoms with Gasteiger partial charge in [-0.05, 0) is 86.1 Å². The summed E-state index contributed by atoms with van der Waals surface area (Å²) in [5.41, 5.74) is 4.80. The van der Waals surface area contributed by atoms with E-state index in [1.165, 1.54) is 16.7 Å². The summed E-state index contributed by atoms with van der Waals surface area (Å²) in [5.74, 6) is -1.10. The number of amides is 5. The standard InChI is InChI=1S/C39H45N5O6/c1-25(45)43-17-16-29(23-43)35(47)44(22-28-11-7-6-10-27(28)21-42(5)37(49)50-38(2,3)4)24-34(46)40-31-15-14-26-19-39(20-30(26)18-31)32-12-8-9-13-33(32)41-36(39)48/h6-15,18,29H,16-17,19-24H2,1-5H3,(H,40,46)(H,41,48). The number of benzene rings is 3. The Kier molecular flexibility index (Phi) is 9.44. The third-order valence-corrected chi connectivity index (χ3v) is 9.82. The predicted molar refractivity (Wildman–Crippen MR) is 189 cm³/mol. The first-order valence-corrected chi connectivity index (χ1v) is 17.1. The van der Waals surface area contributed by atoms with Crippen molar-refractivity contribution in [1.29, 1.82) is 0 Å². The number of carbonyl (C=O) groups excluding carboxylic acids is 5. The molecule has 1 fully saturated rings. The highest BCUT2D eigenvalue weighted by atomic mass is 16.6. The van der Waals surface area contributed by atoms with Crippen LogP contribution in [-0.2, 0) is 55.3 Å². The molecule has 262 valence electrons. The van der Waals surface area contributed by atoms with Gasteiger partial charge < -0.3 is 30.1 Å². The fourth-order valence-corrected chi connectivity index (χ4v) is 7.30. The van der Waals surface area contributed by atoms with E-state index < -0.39 is 23.0 Å². The lowest BCUT2D eigenvalue weighted by Crippen LogP contribution is -2.42. The summed E-state index contributed by atoms with van der Waals surface area (Å²) in [6, 6.07) is 21.0. The molecule has 2 atom stereocenters. The molecule has 2 unspecified atom stereocenters. The van der Waals surface area contributed by atoms with Crippen molar-refractivity contribution >= 4 is 41.1 Å². The molecule has 1 spiro atoms. The van der Waals surface area contributed by atoms with Crippen LogP contribution in [0.5, 0.6) is 0 Å². The lowest BCUT2D eigenvalue weighted by molar-refractivity contribution is -0.139. The molecule has 0 radical (unpaired) electrons. The summed E-state index contributed by atoms with van der Waals surface area (Å²) in [5, 5.41) is 6.02. The predicted octanol–water partition coefficient (Wildman–Crippen LogP) is 4.88. The number of rotatable bonds is 8. The molecular formula is C39H45N5O6. The van der Waals surface area contributed by atoms with E-state index in [4.69, 9.17) is 4.74 Å². The van der Waals surface area contributed by atoms with E-state index in [1.54, 1.807) is 11.9 Å². The fraction of sp³-hybridized carbons (Fsp3) is 0.410. The number of para-hydroxylation sites is 1. The lowest BCUT2D eigenvalue weighted by atomic mass is 9.79. The summed E-state index contributed by atoms with van der Waals surface area (Å²) >= 11 is 0. The van der Waals surface area contributed by atoms with E-state index in [2.05, 4.69) is 10.6 Å². The number of ether oxygens (including phenoxy) is 1. The van der Waals surface area contributed by atoms with Crippen molar-refractivity contribution in [3.8, 4) is 0 Å². The number of hydrogen-bond acceptors (Lipinski definition) is 6. The van der Waals surface area contributed by atoms with Crippen LogP contribution in [0.1, 0.15) is 61.9 Å². The number of likely N-dealkylation sites (tertiary alicyclic amines) is 1. The molecule has 1 saturated heterocycles. The Morgan fingerprint density at radius 1 is 0.960 bits per heavy atom. The van der Waals surface area contributed by atoms with Crippen molar-refractivity contribution in [2.75, 3.05) is 37.3 Å². The molecule has 0 saturated carbocycles. The lowest BCUT2D eigenvalue weighted by Gasteiger charge is -2.28. The zero-order valence-corrected chi connectivity index (χ0v) is 29.4. The zero-order valence-electron chi connectivity index (χ0n) is 29.4. The second-order valence-electron chi connectivity index (χ2n) is 14.7. The topological polar surface area (TPSA) is 128 Å². The summed E-state index contributed by atoms with van der Waals surface area (Å²) < 4.78 is 5.53. The molecule has 0 bridgehead atoms. The molecule has 0 aromatic heterocycles. The van der Waals surface area contributed by atoms with Crippen LogP contribution in [0.4, 0.5) is 16.2 Å². The molecule has 2 heterocycles. The van der Waals surface area contributed by atoms with Crippen LogP contribution >= 0.6 is 0 Å². The van der Waals surface area contributed by atoms with Crippen LogP contribution in [0.3, 0.4) is 0 Å². The van der Waals surface area contributed by atoms with Gasteiger partial charge in [0.25, 0.3) is 0 Å². The van der Waals surface area contributed by atoms with Crippen LogP contribution in [0.2, 0.25) is 0 Å². The Bertz CT molecular complexity index is 1850. The molecular weight excluding hydrogens is 634 g/mol. The van der Waals surface area contributed by atoms with Crippen molar-refractivity contribution in [1.82, 2.24) is 14.7 Å². The Hall–Kier alpha value is -5.19. The molecule has 6 rings (SSSR count). The van der Waals surface area contributed by atoms with E-state index in [0.29, 0.717) is 38.0 Å². The van der Waals surface area contributed by atoms with Gasteiger partial charge in [-0.1, -0.05) is 48.5 Å². The molecule has 11 heteroatoms. The highest BCUT2D eigenvalue weighted by Crippen LogP contribution is 2.47. The normalized spacial score (nSPS) is 19.1. The SMILES string of the molecule is CC(=O)N1CCC(C(=O)N(CC(=O)Nc2ccc3c(c2)CC2(C3)C(=O)Nc3ccccc32)Cc2ccccc2CN(C)C(=O)OC(C)(C)C)C1. The maximum absolute atomic E-state index is 14.0. The molecule has 3 aromatic carbocycles. The minimum Gasteiger partial charge on any atom is -0.444 e. The van der Waals surface area contributed by atoms with Gasteiger partial charge in [-0.15, -0.1) is 0 Å². The maximum Gasteiger partial charge on any atom is 0.410 e. The van der Waals surface area contributed by atoms with Gasteiger partial charge in [0, 0.05) is 51.5 Å². The summed E-state index contributed by atoms with van der Waals surface area (Å²) in [6.45, 7) is 7.90. The number of nitrogens with one attached hydrogen (secondary N) is 2. The summed E-state index contributed by atoms with van der Waals surface area (Å²) in [4.78, 5) is 70.3. The third-order valence-electron chi connectivity index (χ3n) is 9.82. The first-order chi connectivity index (χ1) is 23.7. The van der Waals surface area contributed by atoms with Crippen LogP contribution < -0.4 is 10.6 Å². The number of nitrogens with zero attached hydrogens (tertiary/aromatic N) is 3. The van der Waals surface area contributed by atoms with Gasteiger partial charge in [-0.2, -0.15) is 0 Å². The van der Waals surface area contributed by atoms with Gasteiger partial charge in [0.15, 0.2) is 0 Å². The van der Waals surface area contributed by atoms with E-state index in [0.717, 1.165) is 33.5 Å². The minimum atomic E-state index is -0.662. The van der Waals surface area contributed by atoms with Crippen molar-refractivity contribution < 1.29 is 28.7 Å². The van der Waals surface area contributed by atoms with Gasteiger partial charge in [0.05, 0.1) is 11.3 Å². The molecule has 2 aliphatic heterocycles. The molecule has 50 heavy (non-hydrogen) atoms. The van der Waals surface area contributed by atoms with Crippen LogP contribution in [0, 0.1) is 5.92 Å². The maximum atomic E-state index is 14.0. The first-order valence-electron chi connectivity index (χ1n) is 17.1. The van der Waals surface area contributed by atoms with Crippen molar-refractivity contribution in [2.45, 2.75) is 71.1 Å².